The van der Waals surface area contributed by atoms with Gasteiger partial charge in [0.1, 0.15) is 5.82 Å². The third-order valence-corrected chi connectivity index (χ3v) is 4.83. The summed E-state index contributed by atoms with van der Waals surface area (Å²) >= 11 is 0. The summed E-state index contributed by atoms with van der Waals surface area (Å²) in [6, 6.07) is 7.96. The molecule has 0 saturated heterocycles. The molecule has 3 heteroatoms. The normalized spacial score (nSPS) is 18.1. The fourth-order valence-electron chi connectivity index (χ4n) is 3.55. The first kappa shape index (κ1) is 16.4. The molecule has 1 aliphatic rings. The maximum atomic E-state index is 13.9. The Kier molecular flexibility index (Phi) is 6.65. The van der Waals surface area contributed by atoms with Gasteiger partial charge >= 0.3 is 0 Å². The summed E-state index contributed by atoms with van der Waals surface area (Å²) in [5, 5.41) is 3.27. The van der Waals surface area contributed by atoms with E-state index in [4.69, 9.17) is 0 Å². The Morgan fingerprint density at radius 1 is 1.24 bits per heavy atom. The van der Waals surface area contributed by atoms with Crippen molar-refractivity contribution in [3.63, 3.8) is 0 Å². The number of rotatable bonds is 7. The maximum absolute atomic E-state index is 13.9. The highest BCUT2D eigenvalue weighted by atomic mass is 19.1. The van der Waals surface area contributed by atoms with Gasteiger partial charge in [0, 0.05) is 24.2 Å². The van der Waals surface area contributed by atoms with E-state index in [0.29, 0.717) is 0 Å². The Balaban J connectivity index is 1.93. The van der Waals surface area contributed by atoms with Crippen LogP contribution in [-0.4, -0.2) is 31.1 Å². The van der Waals surface area contributed by atoms with Crippen molar-refractivity contribution in [2.24, 2.45) is 0 Å². The largest absolute Gasteiger partial charge is 0.313 e. The first-order chi connectivity index (χ1) is 10.3. The van der Waals surface area contributed by atoms with Gasteiger partial charge in [-0.3, -0.25) is 0 Å². The summed E-state index contributed by atoms with van der Waals surface area (Å²) in [6.07, 6.45) is 7.74. The quantitative estimate of drug-likeness (QED) is 0.813. The summed E-state index contributed by atoms with van der Waals surface area (Å²) in [7, 11) is 1.92. The predicted octanol–water partition coefficient (Wildman–Crippen LogP) is 4.13. The molecule has 0 bridgehead atoms. The van der Waals surface area contributed by atoms with E-state index in [-0.39, 0.29) is 11.9 Å². The molecule has 2 nitrogen and oxygen atoms in total. The van der Waals surface area contributed by atoms with Gasteiger partial charge in [0.05, 0.1) is 0 Å². The van der Waals surface area contributed by atoms with Crippen molar-refractivity contribution in [2.75, 3.05) is 20.1 Å². The van der Waals surface area contributed by atoms with Crippen LogP contribution < -0.4 is 5.32 Å². The van der Waals surface area contributed by atoms with Crippen LogP contribution in [0, 0.1) is 5.82 Å². The monoisotopic (exact) mass is 292 g/mol. The van der Waals surface area contributed by atoms with Crippen molar-refractivity contribution in [1.29, 1.82) is 0 Å². The molecule has 1 aromatic rings. The number of nitrogens with zero attached hydrogens (tertiary/aromatic N) is 1. The molecule has 0 aliphatic heterocycles. The van der Waals surface area contributed by atoms with Crippen molar-refractivity contribution < 1.29 is 4.39 Å². The number of halogens is 1. The third kappa shape index (κ3) is 4.52. The molecule has 1 unspecified atom stereocenters. The molecule has 0 radical (unpaired) electrons. The van der Waals surface area contributed by atoms with Gasteiger partial charge in [0.2, 0.25) is 0 Å². The van der Waals surface area contributed by atoms with E-state index in [1.807, 2.05) is 19.2 Å². The summed E-state index contributed by atoms with van der Waals surface area (Å²) in [6.45, 7) is 4.38. The van der Waals surface area contributed by atoms with E-state index in [1.54, 1.807) is 12.1 Å². The van der Waals surface area contributed by atoms with Crippen LogP contribution in [0.2, 0.25) is 0 Å². The van der Waals surface area contributed by atoms with Gasteiger partial charge in [-0.05, 0) is 38.9 Å². The lowest BCUT2D eigenvalue weighted by Crippen LogP contribution is -2.38. The summed E-state index contributed by atoms with van der Waals surface area (Å²) in [5.74, 6) is -0.0995. The Hall–Kier alpha value is -0.930. The number of hydrogen-bond donors (Lipinski definition) is 1. The third-order valence-electron chi connectivity index (χ3n) is 4.83. The standard InChI is InChI=1S/C18H29FN2/c1-3-21(15-9-5-4-6-10-15)14-13-18(20-2)16-11-7-8-12-17(16)19/h7-8,11-12,15,18,20H,3-6,9-10,13-14H2,1-2H3. The molecule has 1 aliphatic carbocycles. The molecule has 1 aromatic carbocycles. The second kappa shape index (κ2) is 8.50. The van der Waals surface area contributed by atoms with Crippen LogP contribution >= 0.6 is 0 Å². The first-order valence-corrected chi connectivity index (χ1v) is 8.42. The molecule has 2 rings (SSSR count). The van der Waals surface area contributed by atoms with Crippen LogP contribution in [-0.2, 0) is 0 Å². The highest BCUT2D eigenvalue weighted by Crippen LogP contribution is 2.25. The van der Waals surface area contributed by atoms with E-state index in [9.17, 15) is 4.39 Å². The zero-order chi connectivity index (χ0) is 15.1. The maximum Gasteiger partial charge on any atom is 0.127 e. The molecule has 0 aromatic heterocycles. The average molecular weight is 292 g/mol. The molecule has 0 heterocycles. The molecule has 1 N–H and O–H groups in total. The minimum Gasteiger partial charge on any atom is -0.313 e. The second-order valence-corrected chi connectivity index (χ2v) is 6.07. The minimum atomic E-state index is -0.0995. The van der Waals surface area contributed by atoms with Crippen molar-refractivity contribution in [2.45, 2.75) is 57.5 Å². The lowest BCUT2D eigenvalue weighted by Gasteiger charge is -2.34. The molecule has 1 fully saturated rings. The first-order valence-electron chi connectivity index (χ1n) is 8.42. The molecule has 118 valence electrons. The van der Waals surface area contributed by atoms with Gasteiger partial charge in [-0.1, -0.05) is 44.4 Å². The van der Waals surface area contributed by atoms with Gasteiger partial charge < -0.3 is 10.2 Å². The summed E-state index contributed by atoms with van der Waals surface area (Å²) in [5.41, 5.74) is 0.791. The molecule has 0 spiro atoms. The van der Waals surface area contributed by atoms with Gasteiger partial charge in [0.25, 0.3) is 0 Å². The summed E-state index contributed by atoms with van der Waals surface area (Å²) in [4.78, 5) is 2.59. The van der Waals surface area contributed by atoms with E-state index in [2.05, 4.69) is 17.1 Å². The van der Waals surface area contributed by atoms with Gasteiger partial charge in [0.15, 0.2) is 0 Å². The molecule has 0 amide bonds. The number of benzene rings is 1. The van der Waals surface area contributed by atoms with Crippen molar-refractivity contribution in [3.8, 4) is 0 Å². The molecule has 1 saturated carbocycles. The summed E-state index contributed by atoms with van der Waals surface area (Å²) < 4.78 is 13.9. The Bertz CT molecular complexity index is 415. The van der Waals surface area contributed by atoms with Crippen LogP contribution in [0.25, 0.3) is 0 Å². The number of nitrogens with one attached hydrogen (secondary N) is 1. The lowest BCUT2D eigenvalue weighted by atomic mass is 9.93. The van der Waals surface area contributed by atoms with Crippen LogP contribution in [0.3, 0.4) is 0 Å². The van der Waals surface area contributed by atoms with Crippen molar-refractivity contribution in [1.82, 2.24) is 10.2 Å². The molecule has 21 heavy (non-hydrogen) atoms. The fourth-order valence-corrected chi connectivity index (χ4v) is 3.55. The fraction of sp³-hybridized carbons (Fsp3) is 0.667. The topological polar surface area (TPSA) is 15.3 Å². The molecule has 1 atom stereocenters. The Labute approximate surface area is 128 Å². The van der Waals surface area contributed by atoms with Crippen LogP contribution in [0.15, 0.2) is 24.3 Å². The highest BCUT2D eigenvalue weighted by Gasteiger charge is 2.21. The Morgan fingerprint density at radius 2 is 1.95 bits per heavy atom. The van der Waals surface area contributed by atoms with Crippen LogP contribution in [0.4, 0.5) is 4.39 Å². The van der Waals surface area contributed by atoms with Crippen molar-refractivity contribution in [3.05, 3.63) is 35.6 Å². The zero-order valence-corrected chi connectivity index (χ0v) is 13.4. The van der Waals surface area contributed by atoms with Gasteiger partial charge in [-0.15, -0.1) is 0 Å². The second-order valence-electron chi connectivity index (χ2n) is 6.07. The van der Waals surface area contributed by atoms with Gasteiger partial charge in [-0.25, -0.2) is 4.39 Å². The zero-order valence-electron chi connectivity index (χ0n) is 13.4. The lowest BCUT2D eigenvalue weighted by molar-refractivity contribution is 0.156. The minimum absolute atomic E-state index is 0.0995. The van der Waals surface area contributed by atoms with E-state index in [0.717, 1.165) is 31.1 Å². The van der Waals surface area contributed by atoms with E-state index in [1.165, 1.54) is 32.1 Å². The number of hydrogen-bond acceptors (Lipinski definition) is 2. The molecular formula is C18H29FN2. The smallest absolute Gasteiger partial charge is 0.127 e. The van der Waals surface area contributed by atoms with E-state index < -0.39 is 0 Å². The highest BCUT2D eigenvalue weighted by molar-refractivity contribution is 5.21. The van der Waals surface area contributed by atoms with Crippen LogP contribution in [0.1, 0.15) is 57.1 Å². The Morgan fingerprint density at radius 3 is 2.57 bits per heavy atom. The average Bonchev–Trinajstić information content (AvgIpc) is 2.54. The van der Waals surface area contributed by atoms with Crippen LogP contribution in [0.5, 0.6) is 0 Å². The molecular weight excluding hydrogens is 263 g/mol. The van der Waals surface area contributed by atoms with E-state index >= 15 is 0 Å². The SMILES string of the molecule is CCN(CCC(NC)c1ccccc1F)C1CCCCC1. The predicted molar refractivity (Wildman–Crippen MR) is 86.9 cm³/mol. The van der Waals surface area contributed by atoms with Gasteiger partial charge in [-0.2, -0.15) is 0 Å². The van der Waals surface area contributed by atoms with Crippen molar-refractivity contribution >= 4 is 0 Å².